The third-order valence-electron chi connectivity index (χ3n) is 4.06. The Kier molecular flexibility index (Phi) is 4.86. The molecule has 106 valence electrons. The highest BCUT2D eigenvalue weighted by atomic mass is 35.5. The van der Waals surface area contributed by atoms with Crippen molar-refractivity contribution in [2.45, 2.75) is 39.5 Å². The summed E-state index contributed by atoms with van der Waals surface area (Å²) < 4.78 is 14.0. The van der Waals surface area contributed by atoms with Crippen molar-refractivity contribution in [3.05, 3.63) is 34.6 Å². The third-order valence-corrected chi connectivity index (χ3v) is 4.36. The molecule has 3 heteroatoms. The van der Waals surface area contributed by atoms with Crippen molar-refractivity contribution in [3.8, 4) is 0 Å². The summed E-state index contributed by atoms with van der Waals surface area (Å²) >= 11 is 5.86. The Labute approximate surface area is 120 Å². The van der Waals surface area contributed by atoms with Gasteiger partial charge in [0.15, 0.2) is 0 Å². The van der Waals surface area contributed by atoms with Crippen LogP contribution in [0.5, 0.6) is 0 Å². The minimum Gasteiger partial charge on any atom is -0.316 e. The molecule has 0 radical (unpaired) electrons. The molecule has 1 aliphatic rings. The van der Waals surface area contributed by atoms with E-state index in [4.69, 9.17) is 11.6 Å². The average molecular weight is 284 g/mol. The van der Waals surface area contributed by atoms with Crippen molar-refractivity contribution in [3.63, 3.8) is 0 Å². The van der Waals surface area contributed by atoms with Crippen molar-refractivity contribution in [2.75, 3.05) is 13.1 Å². The van der Waals surface area contributed by atoms with Crippen LogP contribution in [0.1, 0.15) is 38.7 Å². The van der Waals surface area contributed by atoms with Crippen molar-refractivity contribution >= 4 is 11.6 Å². The SMILES string of the molecule is CC(C)CNCC1(Cc2cccc(Cl)c2F)CCC1. The Morgan fingerprint density at radius 1 is 1.37 bits per heavy atom. The monoisotopic (exact) mass is 283 g/mol. The average Bonchev–Trinajstić information content (AvgIpc) is 2.31. The molecule has 0 aromatic heterocycles. The first-order chi connectivity index (χ1) is 9.02. The van der Waals surface area contributed by atoms with Crippen molar-refractivity contribution in [1.29, 1.82) is 0 Å². The lowest BCUT2D eigenvalue weighted by Crippen LogP contribution is -2.42. The van der Waals surface area contributed by atoms with Gasteiger partial charge < -0.3 is 5.32 Å². The number of hydrogen-bond acceptors (Lipinski definition) is 1. The molecule has 1 aromatic carbocycles. The highest BCUT2D eigenvalue weighted by molar-refractivity contribution is 6.30. The van der Waals surface area contributed by atoms with Crippen LogP contribution in [0.4, 0.5) is 4.39 Å². The molecular weight excluding hydrogens is 261 g/mol. The molecule has 1 saturated carbocycles. The molecule has 0 heterocycles. The third kappa shape index (κ3) is 3.70. The van der Waals surface area contributed by atoms with E-state index in [9.17, 15) is 4.39 Å². The molecule has 19 heavy (non-hydrogen) atoms. The molecule has 0 aliphatic heterocycles. The summed E-state index contributed by atoms with van der Waals surface area (Å²) in [5.74, 6) is 0.416. The molecule has 1 nitrogen and oxygen atoms in total. The predicted molar refractivity (Wildman–Crippen MR) is 79.1 cm³/mol. The summed E-state index contributed by atoms with van der Waals surface area (Å²) in [6.45, 7) is 6.42. The van der Waals surface area contributed by atoms with Crippen LogP contribution in [0.25, 0.3) is 0 Å². The van der Waals surface area contributed by atoms with Gasteiger partial charge in [-0.25, -0.2) is 4.39 Å². The van der Waals surface area contributed by atoms with Gasteiger partial charge in [0.05, 0.1) is 5.02 Å². The molecule has 0 amide bonds. The maximum Gasteiger partial charge on any atom is 0.144 e. The Bertz CT molecular complexity index is 427. The summed E-state index contributed by atoms with van der Waals surface area (Å²) in [5.41, 5.74) is 0.999. The predicted octanol–water partition coefficient (Wildman–Crippen LogP) is 4.44. The highest BCUT2D eigenvalue weighted by Crippen LogP contribution is 2.43. The fourth-order valence-corrected chi connectivity index (χ4v) is 3.00. The van der Waals surface area contributed by atoms with Crippen LogP contribution in [0.2, 0.25) is 5.02 Å². The fraction of sp³-hybridized carbons (Fsp3) is 0.625. The van der Waals surface area contributed by atoms with Crippen LogP contribution in [0.3, 0.4) is 0 Å². The van der Waals surface area contributed by atoms with Crippen molar-refractivity contribution in [2.24, 2.45) is 11.3 Å². The molecule has 0 unspecified atom stereocenters. The van der Waals surface area contributed by atoms with Crippen LogP contribution in [0, 0.1) is 17.2 Å². The number of rotatable bonds is 6. The first-order valence-electron chi connectivity index (χ1n) is 7.16. The Balaban J connectivity index is 2.00. The zero-order valence-corrected chi connectivity index (χ0v) is 12.6. The van der Waals surface area contributed by atoms with E-state index in [2.05, 4.69) is 19.2 Å². The molecule has 2 rings (SSSR count). The second kappa shape index (κ2) is 6.23. The molecule has 1 aliphatic carbocycles. The number of hydrogen-bond donors (Lipinski definition) is 1. The van der Waals surface area contributed by atoms with Gasteiger partial charge in [-0.3, -0.25) is 0 Å². The van der Waals surface area contributed by atoms with E-state index >= 15 is 0 Å². The normalized spacial score (nSPS) is 17.5. The van der Waals surface area contributed by atoms with E-state index in [0.717, 1.165) is 25.1 Å². The minimum atomic E-state index is -0.237. The lowest BCUT2D eigenvalue weighted by Gasteiger charge is -2.42. The van der Waals surface area contributed by atoms with Gasteiger partial charge in [0.25, 0.3) is 0 Å². The van der Waals surface area contributed by atoms with Gasteiger partial charge >= 0.3 is 0 Å². The van der Waals surface area contributed by atoms with E-state index in [0.29, 0.717) is 5.92 Å². The lowest BCUT2D eigenvalue weighted by molar-refractivity contribution is 0.127. The van der Waals surface area contributed by atoms with Gasteiger partial charge in [-0.2, -0.15) is 0 Å². The van der Waals surface area contributed by atoms with Gasteiger partial charge in [0.1, 0.15) is 5.82 Å². The van der Waals surface area contributed by atoms with Crippen molar-refractivity contribution in [1.82, 2.24) is 5.32 Å². The number of nitrogens with one attached hydrogen (secondary N) is 1. The second-order valence-electron chi connectivity index (χ2n) is 6.27. The maximum absolute atomic E-state index is 14.0. The van der Waals surface area contributed by atoms with E-state index in [-0.39, 0.29) is 16.3 Å². The standard InChI is InChI=1S/C16H23ClFN/c1-12(2)10-19-11-16(7-4-8-16)9-13-5-3-6-14(17)15(13)18/h3,5-6,12,19H,4,7-11H2,1-2H3. The first kappa shape index (κ1) is 14.8. The molecular formula is C16H23ClFN. The Morgan fingerprint density at radius 2 is 2.11 bits per heavy atom. The quantitative estimate of drug-likeness (QED) is 0.814. The topological polar surface area (TPSA) is 12.0 Å². The van der Waals surface area contributed by atoms with Crippen LogP contribution in [-0.4, -0.2) is 13.1 Å². The van der Waals surface area contributed by atoms with Gasteiger partial charge in [0, 0.05) is 6.54 Å². The number of benzene rings is 1. The molecule has 1 aromatic rings. The molecule has 1 fully saturated rings. The zero-order chi connectivity index (χ0) is 13.9. The van der Waals surface area contributed by atoms with Crippen LogP contribution in [0.15, 0.2) is 18.2 Å². The van der Waals surface area contributed by atoms with E-state index in [1.165, 1.54) is 19.3 Å². The summed E-state index contributed by atoms with van der Waals surface area (Å²) in [4.78, 5) is 0. The van der Waals surface area contributed by atoms with Gasteiger partial charge in [0.2, 0.25) is 0 Å². The second-order valence-corrected chi connectivity index (χ2v) is 6.68. The van der Waals surface area contributed by atoms with Gasteiger partial charge in [-0.15, -0.1) is 0 Å². The highest BCUT2D eigenvalue weighted by Gasteiger charge is 2.37. The van der Waals surface area contributed by atoms with E-state index in [1.807, 2.05) is 12.1 Å². The van der Waals surface area contributed by atoms with Crippen molar-refractivity contribution < 1.29 is 4.39 Å². The smallest absolute Gasteiger partial charge is 0.144 e. The summed E-state index contributed by atoms with van der Waals surface area (Å²) in [6, 6.07) is 5.32. The fourth-order valence-electron chi connectivity index (χ4n) is 2.81. The zero-order valence-electron chi connectivity index (χ0n) is 11.8. The van der Waals surface area contributed by atoms with E-state index in [1.54, 1.807) is 6.07 Å². The van der Waals surface area contributed by atoms with Gasteiger partial charge in [-0.05, 0) is 48.8 Å². The number of halogens is 2. The Morgan fingerprint density at radius 3 is 2.68 bits per heavy atom. The molecule has 1 N–H and O–H groups in total. The van der Waals surface area contributed by atoms with E-state index < -0.39 is 0 Å². The molecule has 0 saturated heterocycles. The maximum atomic E-state index is 14.0. The Hall–Kier alpha value is -0.600. The van der Waals surface area contributed by atoms with Crippen LogP contribution >= 0.6 is 11.6 Å². The minimum absolute atomic E-state index is 0.237. The summed E-state index contributed by atoms with van der Waals surface area (Å²) in [7, 11) is 0. The lowest BCUT2D eigenvalue weighted by atomic mass is 9.65. The van der Waals surface area contributed by atoms with Gasteiger partial charge in [-0.1, -0.05) is 44.0 Å². The first-order valence-corrected chi connectivity index (χ1v) is 7.54. The van der Waals surface area contributed by atoms with Crippen LogP contribution in [-0.2, 0) is 6.42 Å². The largest absolute Gasteiger partial charge is 0.316 e. The van der Waals surface area contributed by atoms with Crippen LogP contribution < -0.4 is 5.32 Å². The summed E-state index contributed by atoms with van der Waals surface area (Å²) in [5, 5.41) is 3.76. The molecule has 0 spiro atoms. The summed E-state index contributed by atoms with van der Waals surface area (Å²) in [6.07, 6.45) is 4.42. The molecule has 0 atom stereocenters. The molecule has 0 bridgehead atoms.